The van der Waals surface area contributed by atoms with Crippen LogP contribution in [0.4, 0.5) is 0 Å². The van der Waals surface area contributed by atoms with Crippen molar-refractivity contribution < 1.29 is 5.11 Å². The summed E-state index contributed by atoms with van der Waals surface area (Å²) in [5, 5.41) is 8.67. The van der Waals surface area contributed by atoms with Crippen LogP contribution in [0.1, 0.15) is 17.5 Å². The number of aliphatic hydroxyl groups excluding tert-OH is 1. The van der Waals surface area contributed by atoms with E-state index in [1.54, 1.807) is 0 Å². The lowest BCUT2D eigenvalue weighted by molar-refractivity contribution is 0.288. The second-order valence-electron chi connectivity index (χ2n) is 2.88. The maximum absolute atomic E-state index is 8.67. The SMILES string of the molecule is Cc1cccc(CCCO)c1Br. The van der Waals surface area contributed by atoms with Crippen molar-refractivity contribution >= 4 is 15.9 Å². The van der Waals surface area contributed by atoms with Gasteiger partial charge in [0.15, 0.2) is 0 Å². The highest BCUT2D eigenvalue weighted by Crippen LogP contribution is 2.21. The number of hydrogen-bond acceptors (Lipinski definition) is 1. The van der Waals surface area contributed by atoms with Crippen molar-refractivity contribution in [3.63, 3.8) is 0 Å². The van der Waals surface area contributed by atoms with Gasteiger partial charge in [0.1, 0.15) is 0 Å². The van der Waals surface area contributed by atoms with Crippen LogP contribution < -0.4 is 0 Å². The highest BCUT2D eigenvalue weighted by Gasteiger charge is 2.00. The number of rotatable bonds is 3. The summed E-state index contributed by atoms with van der Waals surface area (Å²) in [7, 11) is 0. The summed E-state index contributed by atoms with van der Waals surface area (Å²) in [6, 6.07) is 6.21. The minimum atomic E-state index is 0.264. The van der Waals surface area contributed by atoms with E-state index < -0.39 is 0 Å². The first-order valence-corrected chi connectivity index (χ1v) is 4.90. The van der Waals surface area contributed by atoms with Crippen LogP contribution in [-0.4, -0.2) is 11.7 Å². The zero-order valence-electron chi connectivity index (χ0n) is 7.18. The summed E-state index contributed by atoms with van der Waals surface area (Å²) >= 11 is 3.53. The predicted octanol–water partition coefficient (Wildman–Crippen LogP) is 2.68. The zero-order valence-corrected chi connectivity index (χ0v) is 8.76. The van der Waals surface area contributed by atoms with Gasteiger partial charge in [-0.25, -0.2) is 0 Å². The molecule has 0 heterocycles. The fraction of sp³-hybridized carbons (Fsp3) is 0.400. The standard InChI is InChI=1S/C10H13BrO/c1-8-4-2-5-9(10(8)11)6-3-7-12/h2,4-5,12H,3,6-7H2,1H3. The molecule has 2 heteroatoms. The van der Waals surface area contributed by atoms with Gasteiger partial charge in [-0.2, -0.15) is 0 Å². The number of benzene rings is 1. The maximum Gasteiger partial charge on any atom is 0.0434 e. The average Bonchev–Trinajstić information content (AvgIpc) is 2.08. The van der Waals surface area contributed by atoms with Gasteiger partial charge in [0.05, 0.1) is 0 Å². The molecular weight excluding hydrogens is 216 g/mol. The van der Waals surface area contributed by atoms with Gasteiger partial charge in [0.2, 0.25) is 0 Å². The molecule has 0 aliphatic rings. The van der Waals surface area contributed by atoms with Crippen LogP contribution in [0.25, 0.3) is 0 Å². The van der Waals surface area contributed by atoms with Gasteiger partial charge in [-0.05, 0) is 30.9 Å². The molecule has 1 aromatic rings. The summed E-state index contributed by atoms with van der Waals surface area (Å²) in [4.78, 5) is 0. The highest BCUT2D eigenvalue weighted by atomic mass is 79.9. The molecule has 66 valence electrons. The second-order valence-corrected chi connectivity index (χ2v) is 3.67. The lowest BCUT2D eigenvalue weighted by atomic mass is 10.1. The lowest BCUT2D eigenvalue weighted by Gasteiger charge is -2.05. The van der Waals surface area contributed by atoms with Crippen LogP contribution in [0.3, 0.4) is 0 Å². The highest BCUT2D eigenvalue weighted by molar-refractivity contribution is 9.10. The minimum absolute atomic E-state index is 0.264. The van der Waals surface area contributed by atoms with Gasteiger partial charge >= 0.3 is 0 Å². The van der Waals surface area contributed by atoms with Crippen molar-refractivity contribution in [2.24, 2.45) is 0 Å². The molecule has 0 radical (unpaired) electrons. The molecule has 12 heavy (non-hydrogen) atoms. The van der Waals surface area contributed by atoms with Crippen LogP contribution in [0, 0.1) is 6.92 Å². The Balaban J connectivity index is 2.78. The van der Waals surface area contributed by atoms with Crippen LogP contribution in [-0.2, 0) is 6.42 Å². The van der Waals surface area contributed by atoms with Crippen LogP contribution in [0.2, 0.25) is 0 Å². The Bertz CT molecular complexity index is 258. The molecule has 1 N–H and O–H groups in total. The monoisotopic (exact) mass is 228 g/mol. The van der Waals surface area contributed by atoms with E-state index in [9.17, 15) is 0 Å². The Kier molecular flexibility index (Phi) is 3.76. The molecule has 1 nitrogen and oxygen atoms in total. The summed E-state index contributed by atoms with van der Waals surface area (Å²) in [6.07, 6.45) is 1.78. The summed E-state index contributed by atoms with van der Waals surface area (Å²) in [6.45, 7) is 2.34. The van der Waals surface area contributed by atoms with Gasteiger partial charge in [-0.1, -0.05) is 34.1 Å². The molecular formula is C10H13BrO. The van der Waals surface area contributed by atoms with Crippen molar-refractivity contribution in [3.05, 3.63) is 33.8 Å². The zero-order chi connectivity index (χ0) is 8.97. The van der Waals surface area contributed by atoms with E-state index in [0.717, 1.165) is 12.8 Å². The van der Waals surface area contributed by atoms with Gasteiger partial charge in [0.25, 0.3) is 0 Å². The van der Waals surface area contributed by atoms with Gasteiger partial charge in [-0.15, -0.1) is 0 Å². The number of hydrogen-bond donors (Lipinski definition) is 1. The van der Waals surface area contributed by atoms with Crippen LogP contribution in [0.5, 0.6) is 0 Å². The van der Waals surface area contributed by atoms with E-state index >= 15 is 0 Å². The molecule has 0 saturated heterocycles. The quantitative estimate of drug-likeness (QED) is 0.844. The summed E-state index contributed by atoms with van der Waals surface area (Å²) in [5.74, 6) is 0. The predicted molar refractivity (Wildman–Crippen MR) is 54.3 cm³/mol. The van der Waals surface area contributed by atoms with Crippen molar-refractivity contribution in [1.82, 2.24) is 0 Å². The van der Waals surface area contributed by atoms with Crippen molar-refractivity contribution in [2.75, 3.05) is 6.61 Å². The summed E-state index contributed by atoms with van der Waals surface area (Å²) in [5.41, 5.74) is 2.54. The van der Waals surface area contributed by atoms with Crippen LogP contribution >= 0.6 is 15.9 Å². The first-order valence-electron chi connectivity index (χ1n) is 4.10. The Morgan fingerprint density at radius 3 is 2.83 bits per heavy atom. The first-order chi connectivity index (χ1) is 5.75. The Morgan fingerprint density at radius 2 is 2.17 bits per heavy atom. The van der Waals surface area contributed by atoms with E-state index in [4.69, 9.17) is 5.11 Å². The van der Waals surface area contributed by atoms with Gasteiger partial charge in [-0.3, -0.25) is 0 Å². The molecule has 0 saturated carbocycles. The Labute approximate surface area is 81.6 Å². The molecule has 0 spiro atoms. The first kappa shape index (κ1) is 9.75. The molecule has 0 unspecified atom stereocenters. The molecule has 0 atom stereocenters. The topological polar surface area (TPSA) is 20.2 Å². The number of aryl methyl sites for hydroxylation is 2. The Morgan fingerprint density at radius 1 is 1.42 bits per heavy atom. The molecule has 1 aromatic carbocycles. The van der Waals surface area contributed by atoms with E-state index in [1.807, 2.05) is 6.07 Å². The molecule has 0 aromatic heterocycles. The molecule has 0 fully saturated rings. The van der Waals surface area contributed by atoms with E-state index in [2.05, 4.69) is 35.0 Å². The largest absolute Gasteiger partial charge is 0.396 e. The Hall–Kier alpha value is -0.340. The van der Waals surface area contributed by atoms with Crippen LogP contribution in [0.15, 0.2) is 22.7 Å². The molecule has 0 aliphatic carbocycles. The lowest BCUT2D eigenvalue weighted by Crippen LogP contribution is -1.91. The van der Waals surface area contributed by atoms with Crippen molar-refractivity contribution in [2.45, 2.75) is 19.8 Å². The average molecular weight is 229 g/mol. The normalized spacial score (nSPS) is 10.2. The van der Waals surface area contributed by atoms with E-state index in [-0.39, 0.29) is 6.61 Å². The molecule has 1 rings (SSSR count). The van der Waals surface area contributed by atoms with E-state index in [0.29, 0.717) is 0 Å². The molecule has 0 aliphatic heterocycles. The fourth-order valence-electron chi connectivity index (χ4n) is 1.17. The second kappa shape index (κ2) is 4.63. The van der Waals surface area contributed by atoms with Gasteiger partial charge < -0.3 is 5.11 Å². The minimum Gasteiger partial charge on any atom is -0.396 e. The summed E-state index contributed by atoms with van der Waals surface area (Å²) < 4.78 is 1.18. The van der Waals surface area contributed by atoms with Crippen molar-refractivity contribution in [3.8, 4) is 0 Å². The molecule has 0 amide bonds. The van der Waals surface area contributed by atoms with Gasteiger partial charge in [0, 0.05) is 11.1 Å². The maximum atomic E-state index is 8.67. The van der Waals surface area contributed by atoms with E-state index in [1.165, 1.54) is 15.6 Å². The smallest absolute Gasteiger partial charge is 0.0434 e. The third-order valence-electron chi connectivity index (χ3n) is 1.88. The fourth-order valence-corrected chi connectivity index (χ4v) is 1.63. The third kappa shape index (κ3) is 2.32. The number of halogens is 1. The third-order valence-corrected chi connectivity index (χ3v) is 3.01. The molecule has 0 bridgehead atoms. The number of aliphatic hydroxyl groups is 1. The van der Waals surface area contributed by atoms with Crippen molar-refractivity contribution in [1.29, 1.82) is 0 Å².